The molecule has 45 heavy (non-hydrogen) atoms. The van der Waals surface area contributed by atoms with Crippen LogP contribution in [0.1, 0.15) is 85.1 Å². The van der Waals surface area contributed by atoms with Crippen molar-refractivity contribution >= 4 is 35.3 Å². The van der Waals surface area contributed by atoms with Gasteiger partial charge in [0.1, 0.15) is 12.1 Å². The summed E-state index contributed by atoms with van der Waals surface area (Å²) in [4.78, 5) is 75.3. The molecule has 1 aliphatic heterocycles. The third kappa shape index (κ3) is 11.7. The zero-order valence-corrected chi connectivity index (χ0v) is 26.8. The molecule has 1 unspecified atom stereocenters. The van der Waals surface area contributed by atoms with Gasteiger partial charge in [-0.15, -0.1) is 0 Å². The molecule has 14 heteroatoms. The van der Waals surface area contributed by atoms with E-state index in [4.69, 9.17) is 5.11 Å². The highest BCUT2D eigenvalue weighted by Crippen LogP contribution is 2.21. The van der Waals surface area contributed by atoms with Gasteiger partial charge in [0.2, 0.25) is 23.6 Å². The number of non-ortho nitro benzene ring substituents is 1. The van der Waals surface area contributed by atoms with Gasteiger partial charge in [0.05, 0.1) is 11.0 Å². The lowest BCUT2D eigenvalue weighted by molar-refractivity contribution is -0.384. The van der Waals surface area contributed by atoms with Gasteiger partial charge in [0.25, 0.3) is 5.69 Å². The van der Waals surface area contributed by atoms with Crippen molar-refractivity contribution in [1.29, 1.82) is 0 Å². The maximum Gasteiger partial charge on any atom is 0.303 e. The van der Waals surface area contributed by atoms with Crippen LogP contribution < -0.4 is 21.3 Å². The zero-order valence-electron chi connectivity index (χ0n) is 26.8. The minimum atomic E-state index is -0.997. The molecule has 1 aromatic rings. The summed E-state index contributed by atoms with van der Waals surface area (Å²) >= 11 is 0. The number of nitro benzene ring substituents is 1. The first-order valence-electron chi connectivity index (χ1n) is 15.7. The number of carboxylic acid groups (broad SMARTS) is 1. The number of carbonyl (C=O) groups is 5. The van der Waals surface area contributed by atoms with Crippen LogP contribution in [0.15, 0.2) is 24.3 Å². The number of rotatable bonds is 18. The highest BCUT2D eigenvalue weighted by atomic mass is 16.6. The molecule has 1 aliphatic rings. The number of carbonyl (C=O) groups excluding carboxylic acids is 4. The number of nitrogens with one attached hydrogen (secondary N) is 4. The van der Waals surface area contributed by atoms with Crippen molar-refractivity contribution in [2.45, 2.75) is 116 Å². The quantitative estimate of drug-likeness (QED) is 0.119. The molecule has 2 rings (SSSR count). The Morgan fingerprint density at radius 1 is 1.07 bits per heavy atom. The highest BCUT2D eigenvalue weighted by molar-refractivity contribution is 5.92. The van der Waals surface area contributed by atoms with E-state index >= 15 is 0 Å². The monoisotopic (exact) mass is 632 g/mol. The van der Waals surface area contributed by atoms with E-state index in [2.05, 4.69) is 21.3 Å². The van der Waals surface area contributed by atoms with Gasteiger partial charge in [-0.1, -0.05) is 45.7 Å². The normalized spacial score (nSPS) is 19.0. The van der Waals surface area contributed by atoms with Crippen LogP contribution in [0.25, 0.3) is 0 Å². The molecule has 5 N–H and O–H groups in total. The summed E-state index contributed by atoms with van der Waals surface area (Å²) in [5, 5.41) is 31.2. The van der Waals surface area contributed by atoms with Crippen molar-refractivity contribution in [1.82, 2.24) is 26.2 Å². The number of hydrogen-bond donors (Lipinski definition) is 5. The molecule has 0 radical (unpaired) electrons. The van der Waals surface area contributed by atoms with E-state index in [1.54, 1.807) is 19.1 Å². The average Bonchev–Trinajstić information content (AvgIpc) is 3.36. The molecular formula is C31H48N6O8. The van der Waals surface area contributed by atoms with Gasteiger partial charge in [-0.2, -0.15) is 0 Å². The predicted molar refractivity (Wildman–Crippen MR) is 167 cm³/mol. The number of likely N-dealkylation sites (tertiary alicyclic amines) is 1. The van der Waals surface area contributed by atoms with E-state index in [0.717, 1.165) is 0 Å². The molecule has 0 aliphatic carbocycles. The van der Waals surface area contributed by atoms with E-state index in [9.17, 15) is 34.1 Å². The van der Waals surface area contributed by atoms with Gasteiger partial charge in [0, 0.05) is 50.1 Å². The van der Waals surface area contributed by atoms with Gasteiger partial charge in [-0.05, 0) is 44.6 Å². The van der Waals surface area contributed by atoms with E-state index < -0.39 is 40.8 Å². The SMILES string of the molecule is CCC[C@H](NC(=O)[C@@H](NC(=O)CCCC(=O)O)[C@@H](C)CC)C(=O)N[C@H]1CC(C)N([C@@H](C)C(=O)NCc2cccc([N+](=O)[O-])c2)C1. The largest absolute Gasteiger partial charge is 0.481 e. The molecule has 4 amide bonds. The second-order valence-corrected chi connectivity index (χ2v) is 11.8. The number of nitrogens with zero attached hydrogens (tertiary/aromatic N) is 2. The number of aliphatic carboxylic acids is 1. The molecule has 0 bridgehead atoms. The molecule has 250 valence electrons. The van der Waals surface area contributed by atoms with Crippen LogP contribution in [0.3, 0.4) is 0 Å². The number of hydrogen-bond acceptors (Lipinski definition) is 8. The maximum atomic E-state index is 13.4. The fourth-order valence-corrected chi connectivity index (χ4v) is 5.44. The molecule has 0 spiro atoms. The predicted octanol–water partition coefficient (Wildman–Crippen LogP) is 2.25. The summed E-state index contributed by atoms with van der Waals surface area (Å²) in [7, 11) is 0. The van der Waals surface area contributed by atoms with Crippen LogP contribution in [-0.4, -0.2) is 81.3 Å². The smallest absolute Gasteiger partial charge is 0.303 e. The number of carboxylic acids is 1. The molecule has 0 saturated carbocycles. The summed E-state index contributed by atoms with van der Waals surface area (Å²) in [5.41, 5.74) is 0.564. The summed E-state index contributed by atoms with van der Waals surface area (Å²) in [6.07, 6.45) is 2.21. The number of benzene rings is 1. The van der Waals surface area contributed by atoms with Gasteiger partial charge in [-0.25, -0.2) is 0 Å². The number of amides is 4. The van der Waals surface area contributed by atoms with E-state index in [1.807, 2.05) is 32.6 Å². The van der Waals surface area contributed by atoms with Crippen molar-refractivity contribution in [3.63, 3.8) is 0 Å². The Hall–Kier alpha value is -4.07. The zero-order chi connectivity index (χ0) is 33.7. The first kappa shape index (κ1) is 37.1. The van der Waals surface area contributed by atoms with Gasteiger partial charge in [-0.3, -0.25) is 39.0 Å². The molecule has 0 aromatic heterocycles. The Balaban J connectivity index is 1.97. The lowest BCUT2D eigenvalue weighted by Gasteiger charge is -2.28. The second kappa shape index (κ2) is 18.0. The van der Waals surface area contributed by atoms with Crippen LogP contribution in [0.5, 0.6) is 0 Å². The molecule has 1 aromatic carbocycles. The second-order valence-electron chi connectivity index (χ2n) is 11.8. The lowest BCUT2D eigenvalue weighted by Crippen LogP contribution is -2.56. The third-order valence-electron chi connectivity index (χ3n) is 8.25. The van der Waals surface area contributed by atoms with Crippen molar-refractivity contribution in [2.24, 2.45) is 5.92 Å². The Kier molecular flexibility index (Phi) is 14.9. The average molecular weight is 633 g/mol. The van der Waals surface area contributed by atoms with Crippen molar-refractivity contribution in [3.05, 3.63) is 39.9 Å². The van der Waals surface area contributed by atoms with Crippen LogP contribution in [0.2, 0.25) is 0 Å². The van der Waals surface area contributed by atoms with Gasteiger partial charge < -0.3 is 26.4 Å². The van der Waals surface area contributed by atoms with Crippen LogP contribution in [0.4, 0.5) is 5.69 Å². The van der Waals surface area contributed by atoms with Crippen LogP contribution in [0, 0.1) is 16.0 Å². The minimum absolute atomic E-state index is 0.0146. The summed E-state index contributed by atoms with van der Waals surface area (Å²) in [6.45, 7) is 9.92. The van der Waals surface area contributed by atoms with Gasteiger partial charge in [0.15, 0.2) is 0 Å². The maximum absolute atomic E-state index is 13.4. The number of nitro groups is 1. The topological polar surface area (TPSA) is 200 Å². The van der Waals surface area contributed by atoms with Crippen molar-refractivity contribution in [3.8, 4) is 0 Å². The summed E-state index contributed by atoms with van der Waals surface area (Å²) < 4.78 is 0. The third-order valence-corrected chi connectivity index (χ3v) is 8.25. The molecule has 6 atom stereocenters. The molecule has 1 heterocycles. The summed E-state index contributed by atoms with van der Waals surface area (Å²) in [6, 6.07) is 3.60. The standard InChI is InChI=1S/C31H48N6O8/c1-6-10-25(34-31(43)28(19(3)7-2)35-26(38)13-9-14-27(39)40)30(42)33-23-15-20(4)36(18-23)21(5)29(41)32-17-22-11-8-12-24(16-22)37(44)45/h8,11-12,16,19-21,23,25,28H,6-7,9-10,13-15,17-18H2,1-5H3,(H,32,41)(H,33,42)(H,34,43)(H,35,38)(H,39,40)/t19-,20?,21-,23-,25-,28-/m0/s1. The Bertz CT molecular complexity index is 1210. The van der Waals surface area contributed by atoms with Crippen LogP contribution in [-0.2, 0) is 30.5 Å². The van der Waals surface area contributed by atoms with Crippen molar-refractivity contribution < 1.29 is 34.0 Å². The Morgan fingerprint density at radius 3 is 2.40 bits per heavy atom. The van der Waals surface area contributed by atoms with Gasteiger partial charge >= 0.3 is 5.97 Å². The first-order valence-corrected chi connectivity index (χ1v) is 15.7. The fraction of sp³-hybridized carbons (Fsp3) is 0.645. The van der Waals surface area contributed by atoms with E-state index in [-0.39, 0.29) is 61.3 Å². The molecule has 14 nitrogen and oxygen atoms in total. The molecule has 1 fully saturated rings. The fourth-order valence-electron chi connectivity index (χ4n) is 5.44. The molecule has 1 saturated heterocycles. The lowest BCUT2D eigenvalue weighted by atomic mass is 9.97. The summed E-state index contributed by atoms with van der Waals surface area (Å²) in [5.74, 6) is -2.69. The van der Waals surface area contributed by atoms with E-state index in [0.29, 0.717) is 37.8 Å². The minimum Gasteiger partial charge on any atom is -0.481 e. The Morgan fingerprint density at radius 2 is 1.78 bits per heavy atom. The Labute approximate surface area is 264 Å². The van der Waals surface area contributed by atoms with Crippen molar-refractivity contribution in [2.75, 3.05) is 6.54 Å². The van der Waals surface area contributed by atoms with Crippen LogP contribution >= 0.6 is 0 Å². The molecular weight excluding hydrogens is 584 g/mol. The highest BCUT2D eigenvalue weighted by Gasteiger charge is 2.37. The first-order chi connectivity index (χ1) is 21.3. The van der Waals surface area contributed by atoms with E-state index in [1.165, 1.54) is 12.1 Å².